The van der Waals surface area contributed by atoms with Crippen LogP contribution in [0.15, 0.2) is 42.6 Å². The number of carbonyl (C=O) groups is 2. The lowest BCUT2D eigenvalue weighted by Crippen LogP contribution is -2.46. The fourth-order valence-corrected chi connectivity index (χ4v) is 3.92. The van der Waals surface area contributed by atoms with E-state index in [1.807, 2.05) is 42.3 Å². The molecule has 0 bridgehead atoms. The van der Waals surface area contributed by atoms with Gasteiger partial charge in [-0.05, 0) is 56.0 Å². The van der Waals surface area contributed by atoms with Crippen molar-refractivity contribution < 1.29 is 19.1 Å². The molecule has 0 aliphatic rings. The Labute approximate surface area is 204 Å². The van der Waals surface area contributed by atoms with Gasteiger partial charge in [-0.15, -0.1) is 0 Å². The number of ether oxygens (including phenoxy) is 2. The van der Waals surface area contributed by atoms with E-state index in [1.54, 1.807) is 19.1 Å². The molecule has 2 amide bonds. The third kappa shape index (κ3) is 8.20. The summed E-state index contributed by atoms with van der Waals surface area (Å²) in [5, 5.41) is 0. The van der Waals surface area contributed by atoms with Gasteiger partial charge in [-0.2, -0.15) is 0 Å². The summed E-state index contributed by atoms with van der Waals surface area (Å²) in [5.41, 5.74) is 2.19. The van der Waals surface area contributed by atoms with Crippen molar-refractivity contribution in [3.63, 3.8) is 0 Å². The molecule has 0 saturated carbocycles. The minimum atomic E-state index is -0.0228. The standard InChI is InChI=1S/C27H41N3O4/c1-6-11-26(31)29(16-10-17-33-4)21-27(32)30(22(3)7-2)20-24-13-9-15-28(24)19-23-12-8-14-25(18-23)34-5/h8-9,12-15,18,22H,6-7,10-11,16-17,19-21H2,1-5H3. The van der Waals surface area contributed by atoms with Gasteiger partial charge in [0.15, 0.2) is 0 Å². The molecule has 34 heavy (non-hydrogen) atoms. The van der Waals surface area contributed by atoms with Gasteiger partial charge in [-0.25, -0.2) is 0 Å². The average molecular weight is 472 g/mol. The summed E-state index contributed by atoms with van der Waals surface area (Å²) < 4.78 is 12.7. The fourth-order valence-electron chi connectivity index (χ4n) is 3.92. The maximum atomic E-state index is 13.4. The SMILES string of the molecule is CCCC(=O)N(CCCOC)CC(=O)N(Cc1cccn1Cc1cccc(OC)c1)C(C)CC. The van der Waals surface area contributed by atoms with Crippen molar-refractivity contribution in [1.29, 1.82) is 0 Å². The summed E-state index contributed by atoms with van der Waals surface area (Å²) in [7, 11) is 3.31. The Kier molecular flexibility index (Phi) is 11.7. The third-order valence-corrected chi connectivity index (χ3v) is 6.11. The molecule has 0 saturated heterocycles. The fraction of sp³-hybridized carbons (Fsp3) is 0.556. The maximum Gasteiger partial charge on any atom is 0.242 e. The molecule has 2 aromatic rings. The molecule has 1 atom stereocenters. The highest BCUT2D eigenvalue weighted by Gasteiger charge is 2.24. The molecule has 7 heteroatoms. The van der Waals surface area contributed by atoms with Crippen molar-refractivity contribution >= 4 is 11.8 Å². The number of carbonyl (C=O) groups excluding carboxylic acids is 2. The maximum absolute atomic E-state index is 13.4. The Bertz CT molecular complexity index is 896. The molecule has 1 heterocycles. The van der Waals surface area contributed by atoms with Gasteiger partial charge >= 0.3 is 0 Å². The summed E-state index contributed by atoms with van der Waals surface area (Å²) in [4.78, 5) is 29.7. The summed E-state index contributed by atoms with van der Waals surface area (Å²) in [6.07, 6.45) is 4.81. The minimum Gasteiger partial charge on any atom is -0.497 e. The van der Waals surface area contributed by atoms with Crippen LogP contribution in [0, 0.1) is 0 Å². The number of hydrogen-bond acceptors (Lipinski definition) is 4. The highest BCUT2D eigenvalue weighted by molar-refractivity contribution is 5.85. The first-order chi connectivity index (χ1) is 16.4. The van der Waals surface area contributed by atoms with Crippen LogP contribution in [0.3, 0.4) is 0 Å². The molecule has 0 spiro atoms. The van der Waals surface area contributed by atoms with Gasteiger partial charge < -0.3 is 23.8 Å². The molecular formula is C27H41N3O4. The van der Waals surface area contributed by atoms with E-state index in [2.05, 4.69) is 30.5 Å². The van der Waals surface area contributed by atoms with Crippen molar-refractivity contribution in [2.45, 2.75) is 65.6 Å². The van der Waals surface area contributed by atoms with Gasteiger partial charge in [-0.3, -0.25) is 9.59 Å². The van der Waals surface area contributed by atoms with E-state index in [0.717, 1.165) is 29.8 Å². The molecule has 0 aliphatic carbocycles. The average Bonchev–Trinajstić information content (AvgIpc) is 3.28. The number of rotatable bonds is 15. The first-order valence-electron chi connectivity index (χ1n) is 12.3. The summed E-state index contributed by atoms with van der Waals surface area (Å²) in [5.74, 6) is 0.829. The van der Waals surface area contributed by atoms with Gasteiger partial charge in [0.2, 0.25) is 11.8 Å². The van der Waals surface area contributed by atoms with Crippen LogP contribution in [0.4, 0.5) is 0 Å². The highest BCUT2D eigenvalue weighted by Crippen LogP contribution is 2.17. The zero-order valence-corrected chi connectivity index (χ0v) is 21.5. The second kappa shape index (κ2) is 14.5. The first-order valence-corrected chi connectivity index (χ1v) is 12.3. The van der Waals surface area contributed by atoms with E-state index >= 15 is 0 Å². The molecule has 1 aromatic carbocycles. The zero-order chi connectivity index (χ0) is 24.9. The van der Waals surface area contributed by atoms with Crippen LogP contribution < -0.4 is 4.74 Å². The molecule has 0 fully saturated rings. The molecule has 0 N–H and O–H groups in total. The van der Waals surface area contributed by atoms with Gasteiger partial charge in [0.25, 0.3) is 0 Å². The lowest BCUT2D eigenvalue weighted by Gasteiger charge is -2.32. The number of amides is 2. The molecule has 2 rings (SSSR count). The predicted molar refractivity (Wildman–Crippen MR) is 135 cm³/mol. The van der Waals surface area contributed by atoms with Gasteiger partial charge in [-0.1, -0.05) is 26.0 Å². The lowest BCUT2D eigenvalue weighted by atomic mass is 10.2. The quantitative estimate of drug-likeness (QED) is 0.363. The second-order valence-corrected chi connectivity index (χ2v) is 8.67. The number of benzene rings is 1. The van der Waals surface area contributed by atoms with Gasteiger partial charge in [0.05, 0.1) is 20.2 Å². The van der Waals surface area contributed by atoms with E-state index in [0.29, 0.717) is 39.1 Å². The number of aromatic nitrogens is 1. The lowest BCUT2D eigenvalue weighted by molar-refractivity contribution is -0.142. The van der Waals surface area contributed by atoms with Crippen LogP contribution in [-0.2, 0) is 27.4 Å². The molecule has 1 unspecified atom stereocenters. The van der Waals surface area contributed by atoms with Crippen LogP contribution in [-0.4, -0.2) is 66.1 Å². The summed E-state index contributed by atoms with van der Waals surface area (Å²) in [6, 6.07) is 12.1. The van der Waals surface area contributed by atoms with Crippen molar-refractivity contribution in [1.82, 2.24) is 14.4 Å². The zero-order valence-electron chi connectivity index (χ0n) is 21.5. The van der Waals surface area contributed by atoms with Crippen molar-refractivity contribution in [3.05, 3.63) is 53.9 Å². The van der Waals surface area contributed by atoms with Crippen LogP contribution in [0.25, 0.3) is 0 Å². The Morgan fingerprint density at radius 2 is 1.88 bits per heavy atom. The second-order valence-electron chi connectivity index (χ2n) is 8.67. The summed E-state index contributed by atoms with van der Waals surface area (Å²) >= 11 is 0. The van der Waals surface area contributed by atoms with Crippen molar-refractivity contribution in [2.24, 2.45) is 0 Å². The molecule has 1 aromatic heterocycles. The van der Waals surface area contributed by atoms with E-state index in [1.165, 1.54) is 0 Å². The van der Waals surface area contributed by atoms with Crippen LogP contribution in [0.1, 0.15) is 57.7 Å². The molecule has 7 nitrogen and oxygen atoms in total. The van der Waals surface area contributed by atoms with Gasteiger partial charge in [0.1, 0.15) is 5.75 Å². The topological polar surface area (TPSA) is 64.0 Å². The molecular weight excluding hydrogens is 430 g/mol. The van der Waals surface area contributed by atoms with Crippen LogP contribution >= 0.6 is 0 Å². The number of hydrogen-bond donors (Lipinski definition) is 0. The molecule has 0 aliphatic heterocycles. The van der Waals surface area contributed by atoms with Crippen molar-refractivity contribution in [2.75, 3.05) is 33.9 Å². The van der Waals surface area contributed by atoms with Crippen molar-refractivity contribution in [3.8, 4) is 5.75 Å². The van der Waals surface area contributed by atoms with E-state index in [-0.39, 0.29) is 24.4 Å². The highest BCUT2D eigenvalue weighted by atomic mass is 16.5. The number of methoxy groups -OCH3 is 2. The Morgan fingerprint density at radius 1 is 1.09 bits per heavy atom. The Hall–Kier alpha value is -2.80. The van der Waals surface area contributed by atoms with Gasteiger partial charge in [0, 0.05) is 51.2 Å². The Morgan fingerprint density at radius 3 is 2.56 bits per heavy atom. The first kappa shape index (κ1) is 27.4. The third-order valence-electron chi connectivity index (χ3n) is 6.11. The predicted octanol–water partition coefficient (Wildman–Crippen LogP) is 4.34. The smallest absolute Gasteiger partial charge is 0.242 e. The normalized spacial score (nSPS) is 11.8. The minimum absolute atomic E-state index is 0.0228. The van der Waals surface area contributed by atoms with E-state index < -0.39 is 0 Å². The number of nitrogens with zero attached hydrogens (tertiary/aromatic N) is 3. The summed E-state index contributed by atoms with van der Waals surface area (Å²) in [6.45, 7) is 8.52. The van der Waals surface area contributed by atoms with E-state index in [9.17, 15) is 9.59 Å². The largest absolute Gasteiger partial charge is 0.497 e. The van der Waals surface area contributed by atoms with E-state index in [4.69, 9.17) is 9.47 Å². The van der Waals surface area contributed by atoms with Crippen LogP contribution in [0.2, 0.25) is 0 Å². The van der Waals surface area contributed by atoms with Crippen LogP contribution in [0.5, 0.6) is 5.75 Å². The Balaban J connectivity index is 2.17. The molecule has 0 radical (unpaired) electrons. The molecule has 188 valence electrons. The monoisotopic (exact) mass is 471 g/mol.